The Hall–Kier alpha value is -2.97. The standard InChI is InChI=1S/C22H27N5O2S/c1-6-10-26-21(17-8-7-9-23-13-17)24-27(22(26)30)15-25(3)14-18-12-20(29-5)19(28-4)11-16(18)2/h6-9,11-13H,1,10,14-15H2,2-5H3/p+1. The molecule has 2 heterocycles. The van der Waals surface area contributed by atoms with Gasteiger partial charge in [-0.2, -0.15) is 4.68 Å². The number of rotatable bonds is 9. The highest BCUT2D eigenvalue weighted by Crippen LogP contribution is 2.29. The summed E-state index contributed by atoms with van der Waals surface area (Å²) < 4.78 is 15.4. The highest BCUT2D eigenvalue weighted by atomic mass is 32.1. The molecule has 0 amide bonds. The maximum Gasteiger partial charge on any atom is 0.203 e. The number of aryl methyl sites for hydroxylation is 1. The van der Waals surface area contributed by atoms with Gasteiger partial charge in [-0.1, -0.05) is 6.08 Å². The summed E-state index contributed by atoms with van der Waals surface area (Å²) in [6, 6.07) is 7.92. The average Bonchev–Trinajstić information content (AvgIpc) is 3.05. The van der Waals surface area contributed by atoms with Crippen molar-refractivity contribution in [3.05, 3.63) is 65.2 Å². The minimum Gasteiger partial charge on any atom is -0.493 e. The summed E-state index contributed by atoms with van der Waals surface area (Å²) >= 11 is 5.70. The summed E-state index contributed by atoms with van der Waals surface area (Å²) in [5, 5.41) is 4.79. The van der Waals surface area contributed by atoms with Gasteiger partial charge >= 0.3 is 0 Å². The van der Waals surface area contributed by atoms with Crippen molar-refractivity contribution < 1.29 is 14.4 Å². The monoisotopic (exact) mass is 426 g/mol. The van der Waals surface area contributed by atoms with Crippen LogP contribution in [0, 0.1) is 11.7 Å². The molecule has 3 aromatic rings. The summed E-state index contributed by atoms with van der Waals surface area (Å²) in [5.41, 5.74) is 3.27. The molecule has 7 nitrogen and oxygen atoms in total. The van der Waals surface area contributed by atoms with Gasteiger partial charge < -0.3 is 14.4 Å². The van der Waals surface area contributed by atoms with Gasteiger partial charge in [0.15, 0.2) is 24.0 Å². The van der Waals surface area contributed by atoms with Gasteiger partial charge in [-0.3, -0.25) is 9.55 Å². The quantitative estimate of drug-likeness (QED) is 0.421. The Morgan fingerprint density at radius 1 is 1.23 bits per heavy atom. The van der Waals surface area contributed by atoms with Gasteiger partial charge in [0.25, 0.3) is 0 Å². The van der Waals surface area contributed by atoms with Gasteiger partial charge in [0.1, 0.15) is 6.54 Å². The third kappa shape index (κ3) is 4.60. The predicted molar refractivity (Wildman–Crippen MR) is 119 cm³/mol. The normalized spacial score (nSPS) is 11.9. The number of benzene rings is 1. The maximum absolute atomic E-state index is 5.70. The number of hydrogen-bond acceptors (Lipinski definition) is 5. The second-order valence-electron chi connectivity index (χ2n) is 7.17. The molecule has 1 aromatic carbocycles. The van der Waals surface area contributed by atoms with Crippen molar-refractivity contribution in [1.29, 1.82) is 0 Å². The number of nitrogens with one attached hydrogen (secondary N) is 1. The lowest BCUT2D eigenvalue weighted by atomic mass is 10.1. The minimum atomic E-state index is 0.594. The first-order valence-electron chi connectivity index (χ1n) is 9.70. The van der Waals surface area contributed by atoms with Gasteiger partial charge in [-0.25, -0.2) is 0 Å². The van der Waals surface area contributed by atoms with Crippen molar-refractivity contribution in [1.82, 2.24) is 19.3 Å². The van der Waals surface area contributed by atoms with Gasteiger partial charge in [-0.05, 0) is 49.0 Å². The Balaban J connectivity index is 1.86. The fourth-order valence-corrected chi connectivity index (χ4v) is 3.66. The molecule has 30 heavy (non-hydrogen) atoms. The number of quaternary nitrogens is 1. The minimum absolute atomic E-state index is 0.594. The van der Waals surface area contributed by atoms with Gasteiger partial charge in [0.2, 0.25) is 4.77 Å². The number of methoxy groups -OCH3 is 2. The van der Waals surface area contributed by atoms with E-state index in [1.165, 1.54) is 10.5 Å². The van der Waals surface area contributed by atoms with E-state index in [4.69, 9.17) is 26.8 Å². The molecule has 0 aliphatic heterocycles. The molecule has 1 unspecified atom stereocenters. The molecule has 0 aliphatic rings. The lowest BCUT2D eigenvalue weighted by Crippen LogP contribution is -3.07. The largest absolute Gasteiger partial charge is 0.493 e. The second-order valence-corrected chi connectivity index (χ2v) is 7.54. The van der Waals surface area contributed by atoms with Crippen LogP contribution in [0.5, 0.6) is 11.5 Å². The van der Waals surface area contributed by atoms with E-state index >= 15 is 0 Å². The number of allylic oxidation sites excluding steroid dienone is 1. The second kappa shape index (κ2) is 9.69. The van der Waals surface area contributed by atoms with Gasteiger partial charge in [-0.15, -0.1) is 11.7 Å². The van der Waals surface area contributed by atoms with Crippen molar-refractivity contribution in [3.63, 3.8) is 0 Å². The molecule has 2 aromatic heterocycles. The van der Waals surface area contributed by atoms with Crippen LogP contribution in [0.15, 0.2) is 49.3 Å². The summed E-state index contributed by atoms with van der Waals surface area (Å²) in [6.07, 6.45) is 5.37. The van der Waals surface area contributed by atoms with E-state index in [2.05, 4.69) is 25.5 Å². The highest BCUT2D eigenvalue weighted by molar-refractivity contribution is 7.71. The number of pyridine rings is 1. The van der Waals surface area contributed by atoms with E-state index in [0.717, 1.165) is 35.0 Å². The molecule has 3 rings (SSSR count). The van der Waals surface area contributed by atoms with Crippen LogP contribution in [-0.2, 0) is 19.8 Å². The highest BCUT2D eigenvalue weighted by Gasteiger charge is 2.16. The van der Waals surface area contributed by atoms with Crippen molar-refractivity contribution in [2.24, 2.45) is 0 Å². The molecular weight excluding hydrogens is 398 g/mol. The number of ether oxygens (including phenoxy) is 2. The van der Waals surface area contributed by atoms with E-state index in [1.807, 2.05) is 39.6 Å². The van der Waals surface area contributed by atoms with Gasteiger partial charge in [0, 0.05) is 30.1 Å². The molecular formula is C22H28N5O2S+. The van der Waals surface area contributed by atoms with Crippen LogP contribution in [0.3, 0.4) is 0 Å². The molecule has 1 N–H and O–H groups in total. The Kier molecular flexibility index (Phi) is 7.02. The van der Waals surface area contributed by atoms with Crippen LogP contribution in [0.4, 0.5) is 0 Å². The molecule has 8 heteroatoms. The van der Waals surface area contributed by atoms with Crippen molar-refractivity contribution in [2.75, 3.05) is 21.3 Å². The molecule has 0 saturated heterocycles. The Morgan fingerprint density at radius 3 is 2.60 bits per heavy atom. The molecule has 0 spiro atoms. The first-order valence-corrected chi connectivity index (χ1v) is 10.1. The Bertz CT molecular complexity index is 1080. The number of aromatic nitrogens is 4. The summed E-state index contributed by atoms with van der Waals surface area (Å²) in [5.74, 6) is 2.27. The topological polar surface area (TPSA) is 58.5 Å². The molecule has 0 fully saturated rings. The lowest BCUT2D eigenvalue weighted by Gasteiger charge is -2.17. The third-order valence-electron chi connectivity index (χ3n) is 4.91. The molecule has 0 aliphatic carbocycles. The van der Waals surface area contributed by atoms with Gasteiger partial charge in [0.05, 0.1) is 21.3 Å². The summed E-state index contributed by atoms with van der Waals surface area (Å²) in [4.78, 5) is 5.45. The van der Waals surface area contributed by atoms with Crippen molar-refractivity contribution in [2.45, 2.75) is 26.7 Å². The summed E-state index contributed by atoms with van der Waals surface area (Å²) in [7, 11) is 5.42. The Labute approximate surface area is 182 Å². The van der Waals surface area contributed by atoms with E-state index in [1.54, 1.807) is 26.6 Å². The third-order valence-corrected chi connectivity index (χ3v) is 5.34. The summed E-state index contributed by atoms with van der Waals surface area (Å²) in [6.45, 7) is 7.95. The van der Waals surface area contributed by atoms with E-state index < -0.39 is 0 Å². The zero-order chi connectivity index (χ0) is 21.7. The molecule has 158 valence electrons. The molecule has 0 radical (unpaired) electrons. The first kappa shape index (κ1) is 21.7. The Morgan fingerprint density at radius 2 is 1.97 bits per heavy atom. The first-order chi connectivity index (χ1) is 14.5. The molecule has 0 bridgehead atoms. The predicted octanol–water partition coefficient (Wildman–Crippen LogP) is 2.66. The maximum atomic E-state index is 5.70. The van der Waals surface area contributed by atoms with Crippen LogP contribution in [0.25, 0.3) is 11.4 Å². The van der Waals surface area contributed by atoms with Crippen LogP contribution in [-0.4, -0.2) is 40.6 Å². The van der Waals surface area contributed by atoms with Crippen LogP contribution in [0.2, 0.25) is 0 Å². The molecule has 0 saturated carbocycles. The SMILES string of the molecule is C=CCn1c(-c2cccnc2)nn(C[NH+](C)Cc2cc(OC)c(OC)cc2C)c1=S. The fourth-order valence-electron chi connectivity index (χ4n) is 3.40. The fraction of sp³-hybridized carbons (Fsp3) is 0.318. The lowest BCUT2D eigenvalue weighted by molar-refractivity contribution is -0.917. The molecule has 1 atom stereocenters. The number of nitrogens with zero attached hydrogens (tertiary/aromatic N) is 4. The van der Waals surface area contributed by atoms with E-state index in [0.29, 0.717) is 18.0 Å². The van der Waals surface area contributed by atoms with Crippen molar-refractivity contribution >= 4 is 12.2 Å². The van der Waals surface area contributed by atoms with E-state index in [-0.39, 0.29) is 0 Å². The zero-order valence-corrected chi connectivity index (χ0v) is 18.7. The smallest absolute Gasteiger partial charge is 0.203 e. The van der Waals surface area contributed by atoms with Crippen LogP contribution >= 0.6 is 12.2 Å². The van der Waals surface area contributed by atoms with Crippen LogP contribution < -0.4 is 14.4 Å². The van der Waals surface area contributed by atoms with Crippen LogP contribution in [0.1, 0.15) is 11.1 Å². The average molecular weight is 427 g/mol. The van der Waals surface area contributed by atoms with E-state index in [9.17, 15) is 0 Å². The van der Waals surface area contributed by atoms with Crippen molar-refractivity contribution in [3.8, 4) is 22.9 Å². The number of hydrogen-bond donors (Lipinski definition) is 1. The zero-order valence-electron chi connectivity index (χ0n) is 17.9.